The van der Waals surface area contributed by atoms with Gasteiger partial charge in [0.25, 0.3) is 0 Å². The molecule has 1 aliphatic heterocycles. The van der Waals surface area contributed by atoms with Gasteiger partial charge < -0.3 is 15.4 Å². The number of ether oxygens (including phenoxy) is 1. The lowest BCUT2D eigenvalue weighted by Crippen LogP contribution is -2.44. The van der Waals surface area contributed by atoms with Crippen LogP contribution in [-0.4, -0.2) is 57.3 Å². The number of aliphatic imine (C=N–C) groups is 1. The molecule has 1 saturated heterocycles. The molecule has 0 spiro atoms. The third-order valence-corrected chi connectivity index (χ3v) is 5.13. The van der Waals surface area contributed by atoms with Crippen molar-refractivity contribution in [2.75, 3.05) is 46.4 Å². The molecule has 7 heteroatoms. The summed E-state index contributed by atoms with van der Waals surface area (Å²) >= 11 is 6.46. The van der Waals surface area contributed by atoms with Crippen LogP contribution in [0.4, 0.5) is 0 Å². The van der Waals surface area contributed by atoms with Crippen LogP contribution < -0.4 is 10.6 Å². The van der Waals surface area contributed by atoms with Gasteiger partial charge in [0, 0.05) is 37.7 Å². The first kappa shape index (κ1) is 23.5. The number of hydrogen-bond donors (Lipinski definition) is 2. The molecule has 1 heterocycles. The molecule has 0 radical (unpaired) electrons. The summed E-state index contributed by atoms with van der Waals surface area (Å²) in [4.78, 5) is 6.76. The fraction of sp³-hybridized carbons (Fsp3) is 0.632. The number of benzene rings is 1. The van der Waals surface area contributed by atoms with Gasteiger partial charge in [-0.2, -0.15) is 0 Å². The van der Waals surface area contributed by atoms with Gasteiger partial charge >= 0.3 is 0 Å². The second kappa shape index (κ2) is 12.8. The summed E-state index contributed by atoms with van der Waals surface area (Å²) < 4.78 is 5.43. The lowest BCUT2D eigenvalue weighted by Gasteiger charge is -2.31. The maximum atomic E-state index is 6.46. The van der Waals surface area contributed by atoms with E-state index in [-0.39, 0.29) is 30.0 Å². The first-order chi connectivity index (χ1) is 12.2. The highest BCUT2D eigenvalue weighted by Gasteiger charge is 2.21. The minimum atomic E-state index is 0. The van der Waals surface area contributed by atoms with E-state index >= 15 is 0 Å². The maximum absolute atomic E-state index is 6.46. The lowest BCUT2D eigenvalue weighted by molar-refractivity contribution is 0.186. The molecule has 1 aromatic rings. The van der Waals surface area contributed by atoms with Crippen LogP contribution in [0.1, 0.15) is 31.9 Å². The average Bonchev–Trinajstić information content (AvgIpc) is 3.15. The van der Waals surface area contributed by atoms with Gasteiger partial charge in [-0.25, -0.2) is 0 Å². The first-order valence-electron chi connectivity index (χ1n) is 9.20. The second-order valence-electron chi connectivity index (χ2n) is 6.32. The third kappa shape index (κ3) is 6.87. The van der Waals surface area contributed by atoms with Crippen LogP contribution in [0.3, 0.4) is 0 Å². The second-order valence-corrected chi connectivity index (χ2v) is 6.73. The van der Waals surface area contributed by atoms with E-state index in [1.807, 2.05) is 25.2 Å². The molecule has 0 aromatic heterocycles. The molecule has 1 aromatic carbocycles. The van der Waals surface area contributed by atoms with Gasteiger partial charge in [-0.3, -0.25) is 9.89 Å². The summed E-state index contributed by atoms with van der Waals surface area (Å²) in [7, 11) is 1.81. The van der Waals surface area contributed by atoms with Gasteiger partial charge in [-0.1, -0.05) is 43.6 Å². The Balaban J connectivity index is 0.00000338. The number of hydrogen-bond acceptors (Lipinski definition) is 3. The predicted molar refractivity (Wildman–Crippen MR) is 121 cm³/mol. The summed E-state index contributed by atoms with van der Waals surface area (Å²) in [5.74, 6) is 1.40. The molecule has 0 bridgehead atoms. The Kier molecular flexibility index (Phi) is 11.5. The number of likely N-dealkylation sites (N-methyl/N-ethyl adjacent to an activating group) is 1. The van der Waals surface area contributed by atoms with E-state index in [9.17, 15) is 0 Å². The molecular weight excluding hydrogens is 463 g/mol. The molecule has 5 nitrogen and oxygen atoms in total. The van der Waals surface area contributed by atoms with E-state index < -0.39 is 0 Å². The van der Waals surface area contributed by atoms with E-state index in [0.717, 1.165) is 62.4 Å². The van der Waals surface area contributed by atoms with Gasteiger partial charge in [-0.05, 0) is 31.1 Å². The Morgan fingerprint density at radius 3 is 2.62 bits per heavy atom. The molecule has 1 fully saturated rings. The molecule has 148 valence electrons. The average molecular weight is 495 g/mol. The summed E-state index contributed by atoms with van der Waals surface area (Å²) in [5, 5.41) is 7.69. The van der Waals surface area contributed by atoms with Crippen molar-refractivity contribution in [1.29, 1.82) is 0 Å². The van der Waals surface area contributed by atoms with E-state index in [2.05, 4.69) is 40.4 Å². The molecular formula is C19H32ClIN4O. The van der Waals surface area contributed by atoms with Gasteiger partial charge in [-0.15, -0.1) is 24.0 Å². The van der Waals surface area contributed by atoms with Crippen LogP contribution in [0.5, 0.6) is 0 Å². The van der Waals surface area contributed by atoms with Gasteiger partial charge in [0.2, 0.25) is 0 Å². The fourth-order valence-electron chi connectivity index (χ4n) is 3.24. The van der Waals surface area contributed by atoms with Crippen molar-refractivity contribution >= 4 is 41.5 Å². The van der Waals surface area contributed by atoms with E-state index in [1.54, 1.807) is 0 Å². The molecule has 1 aliphatic rings. The molecule has 0 saturated carbocycles. The summed E-state index contributed by atoms with van der Waals surface area (Å²) in [6.07, 6.45) is 1.12. The van der Waals surface area contributed by atoms with Gasteiger partial charge in [0.05, 0.1) is 12.6 Å². The zero-order valence-corrected chi connectivity index (χ0v) is 19.1. The molecule has 26 heavy (non-hydrogen) atoms. The van der Waals surface area contributed by atoms with Crippen molar-refractivity contribution in [3.63, 3.8) is 0 Å². The van der Waals surface area contributed by atoms with Crippen LogP contribution in [-0.2, 0) is 4.74 Å². The van der Waals surface area contributed by atoms with Crippen LogP contribution in [0.15, 0.2) is 29.3 Å². The number of guanidine groups is 1. The third-order valence-electron chi connectivity index (χ3n) is 4.79. The quantitative estimate of drug-likeness (QED) is 0.330. The first-order valence-corrected chi connectivity index (χ1v) is 9.58. The Morgan fingerprint density at radius 1 is 1.31 bits per heavy atom. The molecule has 2 unspecified atom stereocenters. The Bertz CT molecular complexity index is 548. The highest BCUT2D eigenvalue weighted by molar-refractivity contribution is 14.0. The normalized spacial score (nSPS) is 18.5. The number of halogens is 2. The molecule has 0 aliphatic carbocycles. The summed E-state index contributed by atoms with van der Waals surface area (Å²) in [6.45, 7) is 9.66. The minimum absolute atomic E-state index is 0. The van der Waals surface area contributed by atoms with Crippen molar-refractivity contribution in [3.05, 3.63) is 34.9 Å². The topological polar surface area (TPSA) is 48.9 Å². The fourth-order valence-corrected chi connectivity index (χ4v) is 3.51. The number of nitrogens with one attached hydrogen (secondary N) is 2. The van der Waals surface area contributed by atoms with Gasteiger partial charge in [0.1, 0.15) is 0 Å². The Labute approximate surface area is 179 Å². The highest BCUT2D eigenvalue weighted by Crippen LogP contribution is 2.26. The zero-order chi connectivity index (χ0) is 18.1. The van der Waals surface area contributed by atoms with Crippen molar-refractivity contribution in [2.45, 2.75) is 26.3 Å². The smallest absolute Gasteiger partial charge is 0.191 e. The van der Waals surface area contributed by atoms with Crippen molar-refractivity contribution in [3.8, 4) is 0 Å². The van der Waals surface area contributed by atoms with Crippen LogP contribution in [0.2, 0.25) is 5.02 Å². The highest BCUT2D eigenvalue weighted by atomic mass is 127. The Hall–Kier alpha value is -0.570. The van der Waals surface area contributed by atoms with Crippen molar-refractivity contribution in [2.24, 2.45) is 10.9 Å². The van der Waals surface area contributed by atoms with E-state index in [1.165, 1.54) is 0 Å². The molecule has 2 rings (SSSR count). The van der Waals surface area contributed by atoms with Crippen LogP contribution >= 0.6 is 35.6 Å². The monoisotopic (exact) mass is 494 g/mol. The van der Waals surface area contributed by atoms with Crippen molar-refractivity contribution in [1.82, 2.24) is 15.5 Å². The van der Waals surface area contributed by atoms with Gasteiger partial charge in [0.15, 0.2) is 5.96 Å². The zero-order valence-electron chi connectivity index (χ0n) is 16.0. The van der Waals surface area contributed by atoms with Crippen LogP contribution in [0.25, 0.3) is 0 Å². The maximum Gasteiger partial charge on any atom is 0.191 e. The predicted octanol–water partition coefficient (Wildman–Crippen LogP) is 3.54. The van der Waals surface area contributed by atoms with Crippen molar-refractivity contribution < 1.29 is 4.74 Å². The minimum Gasteiger partial charge on any atom is -0.381 e. The van der Waals surface area contributed by atoms with E-state index in [0.29, 0.717) is 5.92 Å². The standard InChI is InChI=1S/C19H31ClN4O.HI/c1-4-24(5-2)18(16-8-6-7-9-17(16)20)13-23-19(21-3)22-12-15-10-11-25-14-15;/h6-9,15,18H,4-5,10-14H2,1-3H3,(H2,21,22,23);1H. The van der Waals surface area contributed by atoms with E-state index in [4.69, 9.17) is 16.3 Å². The Morgan fingerprint density at radius 2 is 2.04 bits per heavy atom. The SMILES string of the molecule is CCN(CC)C(CNC(=NC)NCC1CCOC1)c1ccccc1Cl.I. The lowest BCUT2D eigenvalue weighted by atomic mass is 10.0. The number of nitrogens with zero attached hydrogens (tertiary/aromatic N) is 2. The molecule has 2 N–H and O–H groups in total. The van der Waals surface area contributed by atoms with Crippen LogP contribution in [0, 0.1) is 5.92 Å². The summed E-state index contributed by atoms with van der Waals surface area (Å²) in [5.41, 5.74) is 1.15. The molecule has 2 atom stereocenters. The largest absolute Gasteiger partial charge is 0.381 e. The number of rotatable bonds is 8. The molecule has 0 amide bonds. The summed E-state index contributed by atoms with van der Waals surface area (Å²) in [6, 6.07) is 8.30.